The molecule has 0 radical (unpaired) electrons. The van der Waals surface area contributed by atoms with Crippen molar-refractivity contribution in [3.8, 4) is 5.82 Å². The average Bonchev–Trinajstić information content (AvgIpc) is 3.64. The molecule has 1 saturated carbocycles. The first-order chi connectivity index (χ1) is 20.3. The van der Waals surface area contributed by atoms with Crippen LogP contribution in [0, 0.1) is 18.7 Å². The third kappa shape index (κ3) is 5.54. The summed E-state index contributed by atoms with van der Waals surface area (Å²) in [6, 6.07) is 5.13. The van der Waals surface area contributed by atoms with Gasteiger partial charge in [-0.05, 0) is 74.8 Å². The van der Waals surface area contributed by atoms with Crippen LogP contribution in [0.1, 0.15) is 49.9 Å². The van der Waals surface area contributed by atoms with Gasteiger partial charge in [-0.3, -0.25) is 19.9 Å². The van der Waals surface area contributed by atoms with Crippen molar-refractivity contribution in [3.63, 3.8) is 0 Å². The zero-order valence-corrected chi connectivity index (χ0v) is 23.8. The number of nitrogens with zero attached hydrogens (tertiary/aromatic N) is 6. The Kier molecular flexibility index (Phi) is 7.55. The molecule has 3 aromatic heterocycles. The summed E-state index contributed by atoms with van der Waals surface area (Å²) in [5, 5.41) is 17.6. The lowest BCUT2D eigenvalue weighted by Crippen LogP contribution is -2.52. The minimum absolute atomic E-state index is 0.0518. The predicted molar refractivity (Wildman–Crippen MR) is 157 cm³/mol. The molecule has 5 heterocycles. The Labute approximate surface area is 243 Å². The van der Waals surface area contributed by atoms with Crippen molar-refractivity contribution in [2.45, 2.75) is 63.3 Å². The van der Waals surface area contributed by atoms with Gasteiger partial charge in [-0.1, -0.05) is 12.1 Å². The number of halogens is 1. The molecule has 3 aliphatic rings. The van der Waals surface area contributed by atoms with Crippen molar-refractivity contribution in [1.29, 1.82) is 0 Å². The second-order valence-corrected chi connectivity index (χ2v) is 11.1. The molecule has 0 saturated heterocycles. The van der Waals surface area contributed by atoms with E-state index in [1.54, 1.807) is 19.4 Å². The highest BCUT2D eigenvalue weighted by Gasteiger charge is 2.46. The van der Waals surface area contributed by atoms with Gasteiger partial charge in [0.15, 0.2) is 17.5 Å². The van der Waals surface area contributed by atoms with Crippen LogP contribution in [0.2, 0.25) is 0 Å². The molecule has 11 nitrogen and oxygen atoms in total. The number of nitrogens with one attached hydrogen (secondary N) is 3. The van der Waals surface area contributed by atoms with E-state index in [4.69, 9.17) is 14.7 Å². The van der Waals surface area contributed by atoms with E-state index in [1.165, 1.54) is 10.9 Å². The molecule has 42 heavy (non-hydrogen) atoms. The van der Waals surface area contributed by atoms with Gasteiger partial charge in [0.1, 0.15) is 11.4 Å². The fourth-order valence-electron chi connectivity index (χ4n) is 5.97. The maximum atomic E-state index is 13.6. The Hall–Kier alpha value is -4.45. The standard InChI is InChI=1S/C30H34FN9O2/c1-18-13-25(39-38-18)36-24-14-21-5-4-12-32-27(21)28(37-24)20-8-10-30(42-3,11-9-20)29(41)35-19(2)22-6-7-26(33-15-22)40-17-23(31)16-34-40/h4-7,12-17,19-20,27-28H,8-11H2,1-3H3,(H,35,41)(H2,36,37,38,39)/t19-,20?,27?,28?,30?/m0/s1. The van der Waals surface area contributed by atoms with Crippen molar-refractivity contribution < 1.29 is 13.9 Å². The van der Waals surface area contributed by atoms with Crippen molar-refractivity contribution in [2.75, 3.05) is 12.4 Å². The summed E-state index contributed by atoms with van der Waals surface area (Å²) in [6.45, 7) is 3.86. The summed E-state index contributed by atoms with van der Waals surface area (Å²) >= 11 is 0. The molecule has 2 aliphatic heterocycles. The van der Waals surface area contributed by atoms with Crippen LogP contribution in [-0.2, 0) is 9.53 Å². The van der Waals surface area contributed by atoms with Crippen molar-refractivity contribution in [3.05, 3.63) is 77.7 Å². The highest BCUT2D eigenvalue weighted by atomic mass is 19.1. The van der Waals surface area contributed by atoms with Gasteiger partial charge in [-0.25, -0.2) is 14.1 Å². The minimum atomic E-state index is -0.925. The number of carbonyl (C=O) groups is 1. The Balaban J connectivity index is 1.12. The first kappa shape index (κ1) is 27.7. The molecule has 0 spiro atoms. The molecule has 3 atom stereocenters. The smallest absolute Gasteiger partial charge is 0.252 e. The molecule has 1 aliphatic carbocycles. The van der Waals surface area contributed by atoms with Crippen molar-refractivity contribution >= 4 is 23.8 Å². The molecule has 3 N–H and O–H groups in total. The number of H-pyrrole nitrogens is 1. The topological polar surface area (TPSA) is 134 Å². The van der Waals surface area contributed by atoms with E-state index in [2.05, 4.69) is 37.0 Å². The van der Waals surface area contributed by atoms with Crippen LogP contribution < -0.4 is 10.6 Å². The highest BCUT2D eigenvalue weighted by molar-refractivity contribution is 6.05. The van der Waals surface area contributed by atoms with E-state index in [0.717, 1.165) is 47.5 Å². The van der Waals surface area contributed by atoms with Crippen molar-refractivity contribution in [1.82, 2.24) is 30.3 Å². The van der Waals surface area contributed by atoms with Crippen LogP contribution in [0.25, 0.3) is 5.82 Å². The SMILES string of the molecule is COC1(C(=O)N[C@@H](C)c2ccc(-n3cc(F)cn3)nc2)CCC(C2N=C(Nc3cc(C)[nH]n3)C=C3C=CC=NC32)CC1. The number of fused-ring (bicyclic) bond motifs is 1. The number of anilines is 1. The van der Waals surface area contributed by atoms with Gasteiger partial charge in [-0.15, -0.1) is 0 Å². The molecule has 1 amide bonds. The van der Waals surface area contributed by atoms with Gasteiger partial charge in [0.05, 0.1) is 30.5 Å². The lowest BCUT2D eigenvalue weighted by atomic mass is 9.72. The molecule has 218 valence electrons. The largest absolute Gasteiger partial charge is 0.368 e. The third-order valence-electron chi connectivity index (χ3n) is 8.37. The van der Waals surface area contributed by atoms with E-state index in [-0.39, 0.29) is 30.0 Å². The number of aliphatic imine (C=N–C) groups is 2. The van der Waals surface area contributed by atoms with E-state index in [9.17, 15) is 9.18 Å². The summed E-state index contributed by atoms with van der Waals surface area (Å²) in [5.41, 5.74) is 1.98. The van der Waals surface area contributed by atoms with Crippen LogP contribution in [0.5, 0.6) is 0 Å². The first-order valence-electron chi connectivity index (χ1n) is 14.1. The highest BCUT2D eigenvalue weighted by Crippen LogP contribution is 2.41. The minimum Gasteiger partial charge on any atom is -0.368 e. The number of aromatic nitrogens is 5. The van der Waals surface area contributed by atoms with Gasteiger partial charge in [0.2, 0.25) is 0 Å². The molecule has 2 unspecified atom stereocenters. The molecular formula is C30H34FN9O2. The van der Waals surface area contributed by atoms with E-state index in [1.807, 2.05) is 44.3 Å². The lowest BCUT2D eigenvalue weighted by molar-refractivity contribution is -0.149. The number of amidine groups is 1. The molecule has 0 aromatic carbocycles. The molecule has 12 heteroatoms. The predicted octanol–water partition coefficient (Wildman–Crippen LogP) is 4.02. The third-order valence-corrected chi connectivity index (χ3v) is 8.37. The van der Waals surface area contributed by atoms with Gasteiger partial charge < -0.3 is 15.4 Å². The number of amides is 1. The fourth-order valence-corrected chi connectivity index (χ4v) is 5.97. The summed E-state index contributed by atoms with van der Waals surface area (Å²) in [4.78, 5) is 27.8. The molecule has 3 aromatic rings. The maximum absolute atomic E-state index is 13.6. The quantitative estimate of drug-likeness (QED) is 0.392. The number of aromatic amines is 1. The van der Waals surface area contributed by atoms with Gasteiger partial charge in [-0.2, -0.15) is 10.2 Å². The number of pyridine rings is 1. The second-order valence-electron chi connectivity index (χ2n) is 11.1. The Morgan fingerprint density at radius 2 is 2.10 bits per heavy atom. The van der Waals surface area contributed by atoms with Crippen LogP contribution in [0.15, 0.2) is 70.6 Å². The van der Waals surface area contributed by atoms with Crippen molar-refractivity contribution in [2.24, 2.45) is 15.9 Å². The van der Waals surface area contributed by atoms with E-state index < -0.39 is 11.4 Å². The Morgan fingerprint density at radius 1 is 1.26 bits per heavy atom. The molecular weight excluding hydrogens is 537 g/mol. The summed E-state index contributed by atoms with van der Waals surface area (Å²) in [6.07, 6.45) is 14.7. The number of hydrogen-bond acceptors (Lipinski definition) is 8. The number of dihydropyridines is 2. The van der Waals surface area contributed by atoms with Gasteiger partial charge in [0.25, 0.3) is 5.91 Å². The number of carbonyl (C=O) groups excluding carboxylic acids is 1. The first-order valence-corrected chi connectivity index (χ1v) is 14.1. The normalized spacial score (nSPS) is 25.8. The number of allylic oxidation sites excluding steroid dienone is 1. The Morgan fingerprint density at radius 3 is 2.76 bits per heavy atom. The number of ether oxygens (including phenoxy) is 1. The van der Waals surface area contributed by atoms with Crippen LogP contribution in [0.4, 0.5) is 10.2 Å². The van der Waals surface area contributed by atoms with Crippen LogP contribution in [-0.4, -0.2) is 67.7 Å². The zero-order valence-electron chi connectivity index (χ0n) is 23.8. The monoisotopic (exact) mass is 571 g/mol. The van der Waals surface area contributed by atoms with Gasteiger partial charge in [0, 0.05) is 31.3 Å². The molecule has 1 fully saturated rings. The van der Waals surface area contributed by atoms with Crippen LogP contribution in [0.3, 0.4) is 0 Å². The average molecular weight is 572 g/mol. The zero-order chi connectivity index (χ0) is 29.3. The molecule has 0 bridgehead atoms. The lowest BCUT2D eigenvalue weighted by Gasteiger charge is -2.42. The summed E-state index contributed by atoms with van der Waals surface area (Å²) in [5.74, 6) is 1.63. The van der Waals surface area contributed by atoms with Crippen LogP contribution >= 0.6 is 0 Å². The number of methoxy groups -OCH3 is 1. The number of aryl methyl sites for hydroxylation is 1. The van der Waals surface area contributed by atoms with Gasteiger partial charge >= 0.3 is 0 Å². The maximum Gasteiger partial charge on any atom is 0.252 e. The number of hydrogen-bond donors (Lipinski definition) is 3. The van der Waals surface area contributed by atoms with E-state index >= 15 is 0 Å². The summed E-state index contributed by atoms with van der Waals surface area (Å²) in [7, 11) is 1.61. The second kappa shape index (κ2) is 11.4. The van der Waals surface area contributed by atoms with E-state index in [0.29, 0.717) is 18.7 Å². The Bertz CT molecular complexity index is 1560. The number of rotatable bonds is 7. The fraction of sp³-hybridized carbons (Fsp3) is 0.400. The summed E-state index contributed by atoms with van der Waals surface area (Å²) < 4.78 is 20.6. The molecule has 6 rings (SSSR count).